The van der Waals surface area contributed by atoms with Crippen LogP contribution in [0.2, 0.25) is 0 Å². The van der Waals surface area contributed by atoms with Crippen LogP contribution >= 0.6 is 0 Å². The standard InChI is InChI=1S/C4H5N3O/c1-3-2-4(7-8)6-5-3/h2H,1H3,(H,5,6). The lowest BCUT2D eigenvalue weighted by Gasteiger charge is -1.67. The van der Waals surface area contributed by atoms with Gasteiger partial charge < -0.3 is 0 Å². The summed E-state index contributed by atoms with van der Waals surface area (Å²) >= 11 is 0. The molecule has 0 aliphatic rings. The van der Waals surface area contributed by atoms with Crippen molar-refractivity contribution in [3.63, 3.8) is 0 Å². The van der Waals surface area contributed by atoms with Gasteiger partial charge in [-0.15, -0.1) is 4.91 Å². The average Bonchev–Trinajstić information content (AvgIpc) is 2.14. The summed E-state index contributed by atoms with van der Waals surface area (Å²) in [5.41, 5.74) is 0.847. The number of hydrogen-bond donors (Lipinski definition) is 1. The van der Waals surface area contributed by atoms with Crippen molar-refractivity contribution in [3.05, 3.63) is 16.7 Å². The first kappa shape index (κ1) is 4.96. The van der Waals surface area contributed by atoms with Crippen LogP contribution in [0.5, 0.6) is 0 Å². The van der Waals surface area contributed by atoms with Crippen LogP contribution in [0.15, 0.2) is 11.2 Å². The van der Waals surface area contributed by atoms with Gasteiger partial charge in [0, 0.05) is 11.8 Å². The van der Waals surface area contributed by atoms with Crippen LogP contribution in [0.25, 0.3) is 0 Å². The fourth-order valence-corrected chi connectivity index (χ4v) is 0.450. The Morgan fingerprint density at radius 2 is 2.62 bits per heavy atom. The molecule has 0 unspecified atom stereocenters. The highest BCUT2D eigenvalue weighted by atomic mass is 16.3. The number of aryl methyl sites for hydroxylation is 1. The van der Waals surface area contributed by atoms with Crippen LogP contribution in [0, 0.1) is 11.8 Å². The number of hydrogen-bond acceptors (Lipinski definition) is 3. The van der Waals surface area contributed by atoms with E-state index in [1.165, 1.54) is 0 Å². The van der Waals surface area contributed by atoms with Crippen LogP contribution in [0.3, 0.4) is 0 Å². The lowest BCUT2D eigenvalue weighted by Crippen LogP contribution is -1.66. The molecule has 1 rings (SSSR count). The van der Waals surface area contributed by atoms with Crippen LogP contribution in [-0.2, 0) is 0 Å². The number of nitroso groups, excluding NO2 is 1. The minimum absolute atomic E-state index is 0.211. The van der Waals surface area contributed by atoms with Crippen molar-refractivity contribution < 1.29 is 0 Å². The Morgan fingerprint density at radius 1 is 1.88 bits per heavy atom. The SMILES string of the molecule is Cc1cc(N=O)n[nH]1. The molecule has 4 nitrogen and oxygen atoms in total. The molecular weight excluding hydrogens is 106 g/mol. The molecule has 0 spiro atoms. The van der Waals surface area contributed by atoms with E-state index in [9.17, 15) is 4.91 Å². The van der Waals surface area contributed by atoms with Gasteiger partial charge in [0.05, 0.1) is 0 Å². The van der Waals surface area contributed by atoms with Gasteiger partial charge in [-0.25, -0.2) is 0 Å². The minimum Gasteiger partial charge on any atom is -0.281 e. The van der Waals surface area contributed by atoms with Gasteiger partial charge >= 0.3 is 0 Å². The van der Waals surface area contributed by atoms with Crippen molar-refractivity contribution in [2.75, 3.05) is 0 Å². The van der Waals surface area contributed by atoms with Crippen molar-refractivity contribution in [3.8, 4) is 0 Å². The maximum atomic E-state index is 9.69. The van der Waals surface area contributed by atoms with Gasteiger partial charge in [-0.1, -0.05) is 0 Å². The van der Waals surface area contributed by atoms with E-state index in [2.05, 4.69) is 15.4 Å². The number of aromatic nitrogens is 2. The van der Waals surface area contributed by atoms with Crippen molar-refractivity contribution in [2.45, 2.75) is 6.92 Å². The Bertz CT molecular complexity index is 193. The van der Waals surface area contributed by atoms with Gasteiger partial charge in [-0.2, -0.15) is 5.10 Å². The van der Waals surface area contributed by atoms with Gasteiger partial charge in [0.15, 0.2) is 0 Å². The highest BCUT2D eigenvalue weighted by Crippen LogP contribution is 2.05. The normalized spacial score (nSPS) is 9.12. The molecule has 0 aromatic carbocycles. The molecule has 0 bridgehead atoms. The van der Waals surface area contributed by atoms with Crippen LogP contribution < -0.4 is 0 Å². The Hall–Kier alpha value is -1.19. The second-order valence-electron chi connectivity index (χ2n) is 1.50. The Balaban J connectivity index is 3.00. The monoisotopic (exact) mass is 111 g/mol. The van der Waals surface area contributed by atoms with Crippen molar-refractivity contribution in [2.24, 2.45) is 5.18 Å². The van der Waals surface area contributed by atoms with E-state index in [1.807, 2.05) is 6.92 Å². The molecule has 0 atom stereocenters. The van der Waals surface area contributed by atoms with Crippen LogP contribution in [-0.4, -0.2) is 10.2 Å². The number of rotatable bonds is 1. The molecule has 0 amide bonds. The van der Waals surface area contributed by atoms with Gasteiger partial charge in [0.1, 0.15) is 0 Å². The maximum Gasteiger partial charge on any atom is 0.217 e. The second-order valence-corrected chi connectivity index (χ2v) is 1.50. The third kappa shape index (κ3) is 0.726. The summed E-state index contributed by atoms with van der Waals surface area (Å²) < 4.78 is 0. The number of nitrogens with zero attached hydrogens (tertiary/aromatic N) is 2. The van der Waals surface area contributed by atoms with E-state index in [-0.39, 0.29) is 5.82 Å². The predicted molar refractivity (Wildman–Crippen MR) is 28.8 cm³/mol. The van der Waals surface area contributed by atoms with Crippen LogP contribution in [0.1, 0.15) is 5.69 Å². The van der Waals surface area contributed by atoms with Gasteiger partial charge in [-0.3, -0.25) is 5.10 Å². The molecule has 8 heavy (non-hydrogen) atoms. The zero-order valence-electron chi connectivity index (χ0n) is 4.38. The first-order chi connectivity index (χ1) is 3.83. The minimum atomic E-state index is 0.211. The molecule has 1 heterocycles. The van der Waals surface area contributed by atoms with Crippen molar-refractivity contribution >= 4 is 5.82 Å². The number of H-pyrrole nitrogens is 1. The average molecular weight is 111 g/mol. The Labute approximate surface area is 45.9 Å². The molecule has 4 heteroatoms. The lowest BCUT2D eigenvalue weighted by molar-refractivity contribution is 1.04. The Morgan fingerprint density at radius 3 is 2.88 bits per heavy atom. The van der Waals surface area contributed by atoms with E-state index in [0.29, 0.717) is 0 Å². The quantitative estimate of drug-likeness (QED) is 0.552. The molecule has 1 aromatic rings. The van der Waals surface area contributed by atoms with Crippen molar-refractivity contribution in [1.29, 1.82) is 0 Å². The molecule has 0 saturated carbocycles. The summed E-state index contributed by atoms with van der Waals surface area (Å²) in [6.45, 7) is 1.81. The van der Waals surface area contributed by atoms with E-state index in [0.717, 1.165) is 5.69 Å². The molecule has 0 radical (unpaired) electrons. The number of nitrogens with one attached hydrogen (secondary N) is 1. The molecule has 42 valence electrons. The summed E-state index contributed by atoms with van der Waals surface area (Å²) in [6, 6.07) is 1.58. The first-order valence-corrected chi connectivity index (χ1v) is 2.18. The van der Waals surface area contributed by atoms with E-state index in [4.69, 9.17) is 0 Å². The summed E-state index contributed by atoms with van der Waals surface area (Å²) in [4.78, 5) is 9.69. The molecule has 1 N–H and O–H groups in total. The summed E-state index contributed by atoms with van der Waals surface area (Å²) in [5, 5.41) is 8.70. The fraction of sp³-hybridized carbons (Fsp3) is 0.250. The van der Waals surface area contributed by atoms with E-state index < -0.39 is 0 Å². The topological polar surface area (TPSA) is 58.1 Å². The van der Waals surface area contributed by atoms with E-state index >= 15 is 0 Å². The highest BCUT2D eigenvalue weighted by Gasteiger charge is 1.92. The largest absolute Gasteiger partial charge is 0.281 e. The molecule has 0 aliphatic heterocycles. The lowest BCUT2D eigenvalue weighted by atomic mass is 10.5. The van der Waals surface area contributed by atoms with Crippen molar-refractivity contribution in [1.82, 2.24) is 10.2 Å². The van der Waals surface area contributed by atoms with Gasteiger partial charge in [0.2, 0.25) is 5.82 Å². The molecule has 0 fully saturated rings. The zero-order chi connectivity index (χ0) is 5.98. The molecule has 0 saturated heterocycles. The first-order valence-electron chi connectivity index (χ1n) is 2.18. The summed E-state index contributed by atoms with van der Waals surface area (Å²) in [7, 11) is 0. The van der Waals surface area contributed by atoms with Gasteiger partial charge in [-0.05, 0) is 12.1 Å². The summed E-state index contributed by atoms with van der Waals surface area (Å²) in [5.74, 6) is 0.211. The summed E-state index contributed by atoms with van der Waals surface area (Å²) in [6.07, 6.45) is 0. The number of aromatic amines is 1. The third-order valence-electron chi connectivity index (χ3n) is 0.786. The highest BCUT2D eigenvalue weighted by molar-refractivity contribution is 5.26. The van der Waals surface area contributed by atoms with Crippen LogP contribution in [0.4, 0.5) is 5.82 Å². The molecular formula is C4H5N3O. The van der Waals surface area contributed by atoms with Gasteiger partial charge in [0.25, 0.3) is 0 Å². The van der Waals surface area contributed by atoms with E-state index in [1.54, 1.807) is 6.07 Å². The molecule has 1 aromatic heterocycles. The Kier molecular flexibility index (Phi) is 1.07. The zero-order valence-corrected chi connectivity index (χ0v) is 4.38. The second kappa shape index (κ2) is 1.73. The fourth-order valence-electron chi connectivity index (χ4n) is 0.450. The smallest absolute Gasteiger partial charge is 0.217 e. The predicted octanol–water partition coefficient (Wildman–Crippen LogP) is 1.12. The molecule has 0 aliphatic carbocycles. The third-order valence-corrected chi connectivity index (χ3v) is 0.786. The maximum absolute atomic E-state index is 9.69.